The lowest BCUT2D eigenvalue weighted by molar-refractivity contribution is 0.0913. The van der Waals surface area contributed by atoms with E-state index in [9.17, 15) is 28.0 Å². The number of para-hydroxylation sites is 4. The summed E-state index contributed by atoms with van der Waals surface area (Å²) in [5.74, 6) is -1.09. The predicted octanol–water partition coefficient (Wildman–Crippen LogP) is 23.4. The molecule has 4 N–H and O–H groups in total. The molecule has 0 radical (unpaired) electrons. The summed E-state index contributed by atoms with van der Waals surface area (Å²) in [6.07, 6.45) is 9.51. The molecule has 4 aliphatic heterocycles. The Morgan fingerprint density at radius 1 is 0.371 bits per heavy atom. The van der Waals surface area contributed by atoms with E-state index in [1.165, 1.54) is 62.5 Å². The molecule has 738 valence electrons. The van der Waals surface area contributed by atoms with Crippen molar-refractivity contribution in [2.45, 2.75) is 163 Å². The van der Waals surface area contributed by atoms with Crippen LogP contribution in [0.3, 0.4) is 0 Å². The Morgan fingerprint density at radius 2 is 0.699 bits per heavy atom. The van der Waals surface area contributed by atoms with Gasteiger partial charge in [-0.15, -0.1) is 0 Å². The Labute approximate surface area is 836 Å². The third-order valence-electron chi connectivity index (χ3n) is 26.0. The number of aryl methyl sites for hydroxylation is 4. The van der Waals surface area contributed by atoms with Crippen molar-refractivity contribution in [3.63, 3.8) is 0 Å². The fraction of sp³-hybridized carbons (Fsp3) is 0.296. The SMILES string of the molecule is CCC(C)c1c(C(=O)N[C@H]2CCOc3ccccc32)cnc2c(-c3c(F)cccc3Cl)c(C)nn12.COc1c(Cl)ccc(-c2c(C)nn3c(C(C)C)c(C(=O)N[C@H]4CCOc5ccccc54)cnc23)c1F.COc1ccc(F)c(-c2c(C)nn3c(C(C)C)c(C(=O)N[C@H]4CCOc5ccccc54)cnc23)c1Cl.COc1ccc(F)c(-c2c(C)nn3c(C(C)C)c(C(=O)N[C@H]4CCOc5ccccc54)cnc23)c1F. The molecule has 1 unspecified atom stereocenters. The van der Waals surface area contributed by atoms with E-state index in [2.05, 4.69) is 63.4 Å². The maximum atomic E-state index is 15.3. The Kier molecular flexibility index (Phi) is 29.4. The largest absolute Gasteiger partial charge is 0.495 e. The lowest BCUT2D eigenvalue weighted by Crippen LogP contribution is -2.33. The Balaban J connectivity index is 0.000000131. The van der Waals surface area contributed by atoms with Gasteiger partial charge in [-0.25, -0.2) is 59.9 Å². The molecule has 4 aliphatic rings. The molecule has 8 aromatic carbocycles. The van der Waals surface area contributed by atoms with Gasteiger partial charge < -0.3 is 54.4 Å². The zero-order chi connectivity index (χ0) is 101. The zero-order valence-corrected chi connectivity index (χ0v) is 83.4. The molecule has 0 saturated carbocycles. The Hall–Kier alpha value is -14.8. The maximum absolute atomic E-state index is 15.3. The molecule has 20 rings (SSSR count). The van der Waals surface area contributed by atoms with Crippen LogP contribution in [0, 0.1) is 56.8 Å². The monoisotopic (exact) mass is 2000 g/mol. The summed E-state index contributed by atoms with van der Waals surface area (Å²) in [6, 6.07) is 42.9. The normalized spacial score (nSPS) is 15.3. The molecule has 16 aromatic rings. The molecule has 0 aliphatic carbocycles. The molecule has 0 saturated heterocycles. The van der Waals surface area contributed by atoms with Crippen molar-refractivity contribution >= 4 is 81.0 Å². The minimum atomic E-state index is -0.830. The maximum Gasteiger partial charge on any atom is 0.255 e. The predicted molar refractivity (Wildman–Crippen MR) is 535 cm³/mol. The second kappa shape index (κ2) is 42.2. The van der Waals surface area contributed by atoms with Gasteiger partial charge in [0.2, 0.25) is 0 Å². The van der Waals surface area contributed by atoms with Gasteiger partial charge in [0, 0.05) is 89.4 Å². The van der Waals surface area contributed by atoms with Crippen molar-refractivity contribution in [3.05, 3.63) is 311 Å². The smallest absolute Gasteiger partial charge is 0.255 e. The van der Waals surface area contributed by atoms with E-state index in [-0.39, 0.29) is 131 Å². The molecule has 8 aromatic heterocycles. The second-order valence-corrected chi connectivity index (χ2v) is 37.2. The summed E-state index contributed by atoms with van der Waals surface area (Å²) < 4.78 is 120. The van der Waals surface area contributed by atoms with E-state index in [0.717, 1.165) is 63.4 Å². The summed E-state index contributed by atoms with van der Waals surface area (Å²) in [6.45, 7) is 25.0. The van der Waals surface area contributed by atoms with Gasteiger partial charge in [-0.3, -0.25) is 19.2 Å². The number of fused-ring (bicyclic) bond motifs is 8. The van der Waals surface area contributed by atoms with Crippen LogP contribution in [0.2, 0.25) is 15.1 Å². The number of ether oxygens (including phenoxy) is 7. The fourth-order valence-electron chi connectivity index (χ4n) is 19.1. The molecule has 4 amide bonds. The van der Waals surface area contributed by atoms with Gasteiger partial charge in [0.05, 0.1) is 183 Å². The number of amides is 4. The molecule has 12 heterocycles. The summed E-state index contributed by atoms with van der Waals surface area (Å²) in [4.78, 5) is 72.2. The first-order chi connectivity index (χ1) is 68.8. The Morgan fingerprint density at radius 3 is 1.06 bits per heavy atom. The highest BCUT2D eigenvalue weighted by molar-refractivity contribution is 6.35. The molecule has 5 atom stereocenters. The summed E-state index contributed by atoms with van der Waals surface area (Å²) in [5.41, 5.74) is 13.9. The van der Waals surface area contributed by atoms with Crippen molar-refractivity contribution in [1.29, 1.82) is 0 Å². The number of methoxy groups -OCH3 is 3. The number of nitrogens with one attached hydrogen (secondary N) is 4. The molecule has 27 nitrogen and oxygen atoms in total. The zero-order valence-electron chi connectivity index (χ0n) is 81.1. The number of halogens is 8. The minimum absolute atomic E-state index is 0.00599. The van der Waals surface area contributed by atoms with Crippen LogP contribution in [0.5, 0.6) is 40.2 Å². The number of nitrogens with zero attached hydrogens (tertiary/aromatic N) is 12. The molecule has 0 spiro atoms. The van der Waals surface area contributed by atoms with E-state index in [1.54, 1.807) is 77.9 Å². The van der Waals surface area contributed by atoms with Gasteiger partial charge in [-0.05, 0) is 131 Å². The van der Waals surface area contributed by atoms with E-state index in [4.69, 9.17) is 73.1 Å². The number of carbonyl (C=O) groups excluding carboxylic acids is 4. The summed E-state index contributed by atoms with van der Waals surface area (Å²) >= 11 is 19.0. The van der Waals surface area contributed by atoms with Crippen molar-refractivity contribution in [2.75, 3.05) is 47.8 Å². The highest BCUT2D eigenvalue weighted by atomic mass is 35.5. The van der Waals surface area contributed by atoms with Gasteiger partial charge in [0.15, 0.2) is 45.7 Å². The third kappa shape index (κ3) is 19.2. The molecular formula is C108H104Cl3F5N16O11. The lowest BCUT2D eigenvalue weighted by Gasteiger charge is -2.27. The highest BCUT2D eigenvalue weighted by Gasteiger charge is 2.37. The number of carbonyl (C=O) groups is 4. The van der Waals surface area contributed by atoms with E-state index in [0.29, 0.717) is 154 Å². The quantitative estimate of drug-likeness (QED) is 0.0515. The van der Waals surface area contributed by atoms with Crippen LogP contribution in [-0.4, -0.2) is 130 Å². The van der Waals surface area contributed by atoms with Crippen LogP contribution in [0.1, 0.15) is 245 Å². The van der Waals surface area contributed by atoms with Gasteiger partial charge in [-0.1, -0.05) is 169 Å². The van der Waals surface area contributed by atoms with Crippen LogP contribution in [0.4, 0.5) is 22.0 Å². The van der Waals surface area contributed by atoms with Crippen LogP contribution in [0.15, 0.2) is 176 Å². The first-order valence-electron chi connectivity index (χ1n) is 47.0. The van der Waals surface area contributed by atoms with Crippen molar-refractivity contribution in [3.8, 4) is 84.8 Å². The molecule has 143 heavy (non-hydrogen) atoms. The topological polar surface area (TPSA) is 302 Å². The minimum Gasteiger partial charge on any atom is -0.495 e. The second-order valence-electron chi connectivity index (χ2n) is 36.0. The lowest BCUT2D eigenvalue weighted by atomic mass is 9.97. The first kappa shape index (κ1) is 99.8. The third-order valence-corrected chi connectivity index (χ3v) is 27.0. The van der Waals surface area contributed by atoms with Crippen LogP contribution in [-0.2, 0) is 0 Å². The Bertz CT molecular complexity index is 7410. The van der Waals surface area contributed by atoms with Gasteiger partial charge >= 0.3 is 0 Å². The van der Waals surface area contributed by atoms with Crippen molar-refractivity contribution < 1.29 is 74.3 Å². The first-order valence-corrected chi connectivity index (χ1v) is 48.1. The standard InChI is InChI=1S/2C27H26ClFN4O3.C27H26ClFN4O2.C27H26F2N4O3/c1-14(2)25-17(27(34)31-19-11-12-36-20-8-6-5-7-16(19)20)13-30-26-22(15(3)32-33(25)26)23-18(29)9-10-21(35-4)24(23)28;1-14(2)24-18(27(34)31-20-11-12-36-21-8-6-5-7-16(20)21)13-30-26-22(15(3)32-33(24)26)17-9-10-19(28)25(35-4)23(17)29;1-4-15(2)25-18(27(34)31-21-12-13-35-22-11-6-5-8-17(21)22)14-30-26-23(16(3)32-33(25)26)24-19(28)9-7-10-20(24)29;1-14(2)25-17(27(34)31-19-11-12-36-20-8-6-5-7-16(19)20)13-30-26-22(15(3)32-33(25)26)23-18(28)9-10-21(35-4)24(23)29/h5-10,13-14,19H,11-12H2,1-4H3,(H,31,34);5-10,13-14,20H,11-12H2,1-4H3,(H,31,34);5-11,14-15,21H,4,12-13H2,1-3H3,(H,31,34);5-10,13-14,19H,11-12H2,1-4H3,(H,31,34)/t19-;20-;15?,21-;19-/m0000/s1. The average molecular weight is 2000 g/mol. The number of hydrogen-bond acceptors (Lipinski definition) is 19. The number of benzene rings is 8. The molecular weight excluding hydrogens is 1900 g/mol. The van der Waals surface area contributed by atoms with Crippen LogP contribution < -0.4 is 54.4 Å². The van der Waals surface area contributed by atoms with Crippen molar-refractivity contribution in [1.82, 2.24) is 79.7 Å². The highest BCUT2D eigenvalue weighted by Crippen LogP contribution is 2.47. The molecule has 0 fully saturated rings. The average Bonchev–Trinajstić information content (AvgIpc) is 1.62. The van der Waals surface area contributed by atoms with Gasteiger partial charge in [-0.2, -0.15) is 20.4 Å². The van der Waals surface area contributed by atoms with Crippen LogP contribution >= 0.6 is 34.8 Å². The number of aromatic nitrogens is 12. The molecule has 0 bridgehead atoms. The van der Waals surface area contributed by atoms with E-state index >= 15 is 13.2 Å². The van der Waals surface area contributed by atoms with Crippen molar-refractivity contribution in [2.24, 2.45) is 0 Å². The van der Waals surface area contributed by atoms with Gasteiger partial charge in [0.25, 0.3) is 23.6 Å². The molecule has 35 heteroatoms. The number of rotatable bonds is 20. The summed E-state index contributed by atoms with van der Waals surface area (Å²) in [5, 5.41) is 31.7. The van der Waals surface area contributed by atoms with Gasteiger partial charge in [0.1, 0.15) is 46.2 Å². The van der Waals surface area contributed by atoms with Crippen LogP contribution in [0.25, 0.3) is 67.1 Å². The van der Waals surface area contributed by atoms with E-state index in [1.807, 2.05) is 146 Å². The number of hydrogen-bond donors (Lipinski definition) is 4. The van der Waals surface area contributed by atoms with E-state index < -0.39 is 29.1 Å². The summed E-state index contributed by atoms with van der Waals surface area (Å²) in [7, 11) is 4.16. The fourth-order valence-corrected chi connectivity index (χ4v) is 19.9.